The van der Waals surface area contributed by atoms with E-state index in [0.29, 0.717) is 31.0 Å². The lowest BCUT2D eigenvalue weighted by molar-refractivity contribution is -0.384. The lowest BCUT2D eigenvalue weighted by atomic mass is 9.92. The van der Waals surface area contributed by atoms with Gasteiger partial charge in [0.1, 0.15) is 29.4 Å². The Hall–Kier alpha value is -9.22. The van der Waals surface area contributed by atoms with Gasteiger partial charge < -0.3 is 39.5 Å². The number of hydrogen-bond donors (Lipinski definition) is 3. The van der Waals surface area contributed by atoms with Crippen LogP contribution in [0.5, 0.6) is 17.2 Å². The molecule has 2 saturated carbocycles. The fourth-order valence-electron chi connectivity index (χ4n) is 9.42. The van der Waals surface area contributed by atoms with Crippen molar-refractivity contribution in [2.45, 2.75) is 77.5 Å². The molecule has 0 aliphatic heterocycles. The van der Waals surface area contributed by atoms with Crippen LogP contribution in [0.1, 0.15) is 87.0 Å². The summed E-state index contributed by atoms with van der Waals surface area (Å²) in [5, 5.41) is 44.1. The highest BCUT2D eigenvalue weighted by Crippen LogP contribution is 2.45. The molecule has 0 amide bonds. The molecule has 2 aliphatic rings. The van der Waals surface area contributed by atoms with Crippen LogP contribution in [0, 0.1) is 32.8 Å². The molecule has 2 aliphatic carbocycles. The lowest BCUT2D eigenvalue weighted by Crippen LogP contribution is -2.17. The van der Waals surface area contributed by atoms with E-state index < -0.39 is 10.4 Å². The zero-order valence-electron chi connectivity index (χ0n) is 43.9. The number of fused-ring (bicyclic) bond motifs is 2. The topological polar surface area (TPSA) is 229 Å². The summed E-state index contributed by atoms with van der Waals surface area (Å²) in [6, 6.07) is 50.6. The normalized spacial score (nSPS) is 12.6. The summed E-state index contributed by atoms with van der Waals surface area (Å²) in [6.07, 6.45) is 11.4. The van der Waals surface area contributed by atoms with Crippen molar-refractivity contribution in [2.24, 2.45) is 0 Å². The Morgan fingerprint density at radius 2 is 1.19 bits per heavy atom. The summed E-state index contributed by atoms with van der Waals surface area (Å²) in [6.45, 7) is 6.08. The minimum atomic E-state index is -0.978. The van der Waals surface area contributed by atoms with Crippen LogP contribution in [-0.4, -0.2) is 54.3 Å². The minimum Gasteiger partial charge on any atom is -0.494 e. The van der Waals surface area contributed by atoms with Crippen molar-refractivity contribution in [3.63, 3.8) is 0 Å². The van der Waals surface area contributed by atoms with Crippen molar-refractivity contribution in [1.29, 1.82) is 10.5 Å². The molecule has 11 rings (SSSR count). The van der Waals surface area contributed by atoms with Crippen LogP contribution in [-0.2, 0) is 13.0 Å². The molecule has 0 unspecified atom stereocenters. The average Bonchev–Trinajstić information content (AvgIpc) is 4.15. The largest absolute Gasteiger partial charge is 0.494 e. The quantitative estimate of drug-likeness (QED) is 0.0376. The number of benzene rings is 5. The SMILES string of the molecule is CCOc1ccc2c(C#N)c(-c3ccc(N)cc3)n(C3CCC3)c2c1.CCOc1ccc2c(C#N)c(-c3ccc(NCCc4ccccn4)cc3)n(C3CCC3)c2c1.O=C(Cl)Oc1ccc([N+](=O)[O-])cc1.OCc1ccccn1. The summed E-state index contributed by atoms with van der Waals surface area (Å²) in [7, 11) is 0. The number of rotatable bonds is 15. The van der Waals surface area contributed by atoms with E-state index in [1.807, 2.05) is 98.9 Å². The molecule has 0 radical (unpaired) electrons. The molecule has 17 heteroatoms. The van der Waals surface area contributed by atoms with Gasteiger partial charge in [0.15, 0.2) is 0 Å². The number of nitrogen functional groups attached to an aromatic ring is 1. The van der Waals surface area contributed by atoms with Crippen molar-refractivity contribution in [2.75, 3.05) is 30.8 Å². The van der Waals surface area contributed by atoms with E-state index in [1.54, 1.807) is 12.3 Å². The monoisotopic (exact) mass is 1080 g/mol. The van der Waals surface area contributed by atoms with E-state index in [0.717, 1.165) is 123 Å². The molecule has 9 aromatic rings. The van der Waals surface area contributed by atoms with Gasteiger partial charge in [-0.1, -0.05) is 36.4 Å². The molecule has 0 saturated heterocycles. The zero-order valence-corrected chi connectivity index (χ0v) is 44.7. The number of carbonyl (C=O) groups excluding carboxylic acids is 1. The molecule has 79 heavy (non-hydrogen) atoms. The smallest absolute Gasteiger partial charge is 0.409 e. The first-order chi connectivity index (χ1) is 38.5. The number of nitrogens with zero attached hydrogens (tertiary/aromatic N) is 7. The van der Waals surface area contributed by atoms with Gasteiger partial charge in [-0.25, -0.2) is 4.79 Å². The van der Waals surface area contributed by atoms with Crippen molar-refractivity contribution in [1.82, 2.24) is 19.1 Å². The number of nitro groups is 1. The highest BCUT2D eigenvalue weighted by atomic mass is 35.5. The van der Waals surface area contributed by atoms with Crippen LogP contribution in [0.2, 0.25) is 0 Å². The number of aliphatic hydroxyl groups excluding tert-OH is 1. The Labute approximate surface area is 463 Å². The third kappa shape index (κ3) is 13.9. The number of aliphatic hydroxyl groups is 1. The lowest BCUT2D eigenvalue weighted by Gasteiger charge is -2.30. The first kappa shape index (κ1) is 56.0. The number of halogens is 1. The fraction of sp³-hybridized carbons (Fsp3) is 0.242. The second-order valence-corrected chi connectivity index (χ2v) is 18.9. The highest BCUT2D eigenvalue weighted by Gasteiger charge is 2.29. The molecular weight excluding hydrogens is 1020 g/mol. The number of nitrogens with one attached hydrogen (secondary N) is 1. The van der Waals surface area contributed by atoms with Gasteiger partial charge in [0.2, 0.25) is 0 Å². The Kier molecular flexibility index (Phi) is 19.3. The Bertz CT molecular complexity index is 3570. The van der Waals surface area contributed by atoms with E-state index in [-0.39, 0.29) is 18.0 Å². The van der Waals surface area contributed by atoms with Gasteiger partial charge in [0.05, 0.1) is 64.0 Å². The van der Waals surface area contributed by atoms with Crippen LogP contribution >= 0.6 is 11.6 Å². The molecule has 0 spiro atoms. The molecule has 2 fully saturated rings. The van der Waals surface area contributed by atoms with Crippen molar-refractivity contribution in [3.8, 4) is 51.9 Å². The maximum Gasteiger partial charge on any atom is 0.409 e. The number of nitriles is 2. The first-order valence-electron chi connectivity index (χ1n) is 26.2. The van der Waals surface area contributed by atoms with Gasteiger partial charge in [-0.05, 0) is 148 Å². The molecule has 402 valence electrons. The average molecular weight is 1080 g/mol. The minimum absolute atomic E-state index is 0.0286. The van der Waals surface area contributed by atoms with Crippen LogP contribution in [0.4, 0.5) is 21.9 Å². The number of anilines is 2. The molecular formula is C62H60ClN9O7. The second-order valence-electron chi connectivity index (χ2n) is 18.6. The van der Waals surface area contributed by atoms with Crippen LogP contribution in [0.25, 0.3) is 44.3 Å². The third-order valence-corrected chi connectivity index (χ3v) is 13.7. The number of nitrogens with two attached hydrogens (primary N) is 1. The molecule has 0 atom stereocenters. The Morgan fingerprint density at radius 3 is 1.58 bits per heavy atom. The molecule has 4 N–H and O–H groups in total. The summed E-state index contributed by atoms with van der Waals surface area (Å²) in [4.78, 5) is 28.1. The molecule has 0 bridgehead atoms. The van der Waals surface area contributed by atoms with E-state index in [4.69, 9.17) is 31.9 Å². The van der Waals surface area contributed by atoms with Gasteiger partial charge in [0, 0.05) is 101 Å². The van der Waals surface area contributed by atoms with E-state index in [2.05, 4.69) is 77.7 Å². The van der Waals surface area contributed by atoms with Gasteiger partial charge in [-0.15, -0.1) is 0 Å². The molecule has 4 aromatic heterocycles. The van der Waals surface area contributed by atoms with Crippen LogP contribution in [0.15, 0.2) is 158 Å². The van der Waals surface area contributed by atoms with E-state index in [9.17, 15) is 25.4 Å². The van der Waals surface area contributed by atoms with Gasteiger partial charge in [-0.2, -0.15) is 10.5 Å². The maximum absolute atomic E-state index is 10.2. The van der Waals surface area contributed by atoms with Crippen molar-refractivity contribution >= 4 is 55.9 Å². The number of nitro benzene ring substituents is 1. The molecule has 5 aromatic carbocycles. The number of aromatic nitrogens is 4. The van der Waals surface area contributed by atoms with E-state index >= 15 is 0 Å². The van der Waals surface area contributed by atoms with Crippen LogP contribution < -0.4 is 25.3 Å². The first-order valence-corrected chi connectivity index (χ1v) is 26.6. The summed E-state index contributed by atoms with van der Waals surface area (Å²) in [5.74, 6) is 1.87. The number of pyridine rings is 2. The van der Waals surface area contributed by atoms with Gasteiger partial charge in [-0.3, -0.25) is 20.1 Å². The molecule has 16 nitrogen and oxygen atoms in total. The standard InChI is InChI=1S/C28H28N4O.C21H21N3O.C7H4ClNO4.C6H7NO/c1-2-33-24-13-14-25-26(19-29)28(32(27(25)18-24)23-7-5-8-23)20-9-11-22(12-10-20)31-17-15-21-6-3-4-16-30-21;1-2-25-17-10-11-18-19(13-22)21(14-6-8-15(23)9-7-14)24(20(18)12-17)16-4-3-5-16;8-7(10)13-6-3-1-5(2-4-6)9(11)12;8-5-6-3-1-2-4-7-6/h3-4,6,9-14,16,18,23,31H,2,5,7-8,15,17H2,1H3;6-12,16H,2-5,23H2,1H3;1-4H;1-4,8H,5H2. The van der Waals surface area contributed by atoms with Crippen LogP contribution in [0.3, 0.4) is 0 Å². The third-order valence-electron chi connectivity index (χ3n) is 13.6. The fourth-order valence-corrected chi connectivity index (χ4v) is 9.51. The predicted octanol–water partition coefficient (Wildman–Crippen LogP) is 14.1. The van der Waals surface area contributed by atoms with Gasteiger partial charge >= 0.3 is 5.43 Å². The van der Waals surface area contributed by atoms with Gasteiger partial charge in [0.25, 0.3) is 5.69 Å². The van der Waals surface area contributed by atoms with Crippen molar-refractivity contribution < 1.29 is 29.0 Å². The summed E-state index contributed by atoms with van der Waals surface area (Å²) in [5.41, 5.74) is 16.2. The Morgan fingerprint density at radius 1 is 0.709 bits per heavy atom. The number of carbonyl (C=O) groups is 1. The zero-order chi connectivity index (χ0) is 55.7. The predicted molar refractivity (Wildman–Crippen MR) is 308 cm³/mol. The van der Waals surface area contributed by atoms with E-state index in [1.165, 1.54) is 37.1 Å². The molecule has 4 heterocycles. The Balaban J connectivity index is 0.000000156. The summed E-state index contributed by atoms with van der Waals surface area (Å²) < 4.78 is 20.6. The number of non-ortho nitro benzene ring substituents is 1. The van der Waals surface area contributed by atoms with Crippen molar-refractivity contribution in [3.05, 3.63) is 191 Å². The number of hydrogen-bond acceptors (Lipinski definition) is 13. The maximum atomic E-state index is 10.2. The highest BCUT2D eigenvalue weighted by molar-refractivity contribution is 6.61. The summed E-state index contributed by atoms with van der Waals surface area (Å²) >= 11 is 4.92. The second kappa shape index (κ2) is 27.2. The number of ether oxygens (including phenoxy) is 3.